The fourth-order valence-corrected chi connectivity index (χ4v) is 9.46. The number of nitrogens with zero attached hydrogens (tertiary/aromatic N) is 4. The minimum atomic E-state index is -1.01. The van der Waals surface area contributed by atoms with Crippen molar-refractivity contribution in [3.8, 4) is 34.6 Å². The molecule has 13 heteroatoms. The lowest BCUT2D eigenvalue weighted by Gasteiger charge is -2.68. The zero-order chi connectivity index (χ0) is 39.6. The lowest BCUT2D eigenvalue weighted by molar-refractivity contribution is -0.216. The van der Waals surface area contributed by atoms with E-state index < -0.39 is 29.7 Å². The van der Waals surface area contributed by atoms with Crippen molar-refractivity contribution in [1.82, 2.24) is 24.8 Å². The number of nitrogens with one attached hydrogen (secondary N) is 1. The van der Waals surface area contributed by atoms with Crippen molar-refractivity contribution in [2.45, 2.75) is 63.2 Å². The quantitative estimate of drug-likeness (QED) is 0.0993. The molecule has 1 N–H and O–H groups in total. The van der Waals surface area contributed by atoms with Crippen LogP contribution in [0, 0.1) is 22.7 Å². The molecule has 4 aliphatic carbocycles. The molecule has 5 aromatic rings. The SMILES string of the molecule is Cn1c2ccncc2c2ccc(-c3ccc(O[C@H]4C[C@H](OCC56CC(C#CCOCCOc7ccc8c(c7)C(=O)N(C7CCC(=O)NC7=O)C8=O)(C5)C6)C4)nc3)cc21. The standard InChI is InChI=1S/C45H41N5O8/c1-49-36-11-13-46-22-35(36)32-6-3-27(17-38(32)49)28-4-10-40(47-21-28)58-31-18-30(19-31)57-26-45-23-44(24-45,25-45)12-2-14-55-15-16-56-29-5-7-33-34(20-29)43(54)50(42(33)53)37-8-9-39(51)48-41(37)52/h3-7,10-11,13,17,20-22,30-31,37H,8-9,14-16,18-19,23-26H2,1H3,(H,48,51,52)/t30-,31-,37?,44?,45?. The highest BCUT2D eigenvalue weighted by atomic mass is 16.5. The molecule has 4 saturated carbocycles. The average Bonchev–Trinajstić information content (AvgIpc) is 3.61. The smallest absolute Gasteiger partial charge is 0.262 e. The Bertz CT molecular complexity index is 2560. The highest BCUT2D eigenvalue weighted by Gasteiger charge is 2.67. The maximum atomic E-state index is 13.0. The Kier molecular flexibility index (Phi) is 8.80. The minimum absolute atomic E-state index is 0.0691. The Hall–Kier alpha value is -6.10. The van der Waals surface area contributed by atoms with Gasteiger partial charge in [0, 0.05) is 78.2 Å². The Balaban J connectivity index is 0.614. The first kappa shape index (κ1) is 36.3. The lowest BCUT2D eigenvalue weighted by atomic mass is 9.36. The summed E-state index contributed by atoms with van der Waals surface area (Å²) in [5.74, 6) is 5.48. The predicted molar refractivity (Wildman–Crippen MR) is 211 cm³/mol. The largest absolute Gasteiger partial charge is 0.491 e. The number of ether oxygens (including phenoxy) is 4. The summed E-state index contributed by atoms with van der Waals surface area (Å²) < 4.78 is 26.1. The fourth-order valence-electron chi connectivity index (χ4n) is 9.46. The molecule has 5 heterocycles. The van der Waals surface area contributed by atoms with Crippen LogP contribution < -0.4 is 14.8 Å². The number of carbonyl (C=O) groups is 4. The van der Waals surface area contributed by atoms with Gasteiger partial charge in [0.05, 0.1) is 36.0 Å². The van der Waals surface area contributed by atoms with Crippen molar-refractivity contribution < 1.29 is 38.1 Å². The number of carbonyl (C=O) groups excluding carboxylic acids is 4. The number of rotatable bonds is 12. The highest BCUT2D eigenvalue weighted by Crippen LogP contribution is 2.73. The molecule has 1 saturated heterocycles. The van der Waals surface area contributed by atoms with E-state index in [2.05, 4.69) is 63.0 Å². The molecule has 4 amide bonds. The first-order valence-electron chi connectivity index (χ1n) is 19.8. The number of imide groups is 2. The van der Waals surface area contributed by atoms with Gasteiger partial charge in [0.1, 0.15) is 31.1 Å². The lowest BCUT2D eigenvalue weighted by Crippen LogP contribution is -2.63. The van der Waals surface area contributed by atoms with E-state index in [4.69, 9.17) is 18.9 Å². The summed E-state index contributed by atoms with van der Waals surface area (Å²) in [7, 11) is 2.08. The number of pyridine rings is 2. The molecule has 1 unspecified atom stereocenters. The summed E-state index contributed by atoms with van der Waals surface area (Å²) in [5, 5.41) is 4.54. The van der Waals surface area contributed by atoms with Crippen molar-refractivity contribution in [1.29, 1.82) is 0 Å². The third kappa shape index (κ3) is 6.37. The second kappa shape index (κ2) is 14.1. The third-order valence-electron chi connectivity index (χ3n) is 12.4. The molecule has 13 nitrogen and oxygen atoms in total. The van der Waals surface area contributed by atoms with Crippen LogP contribution in [0.4, 0.5) is 0 Å². The van der Waals surface area contributed by atoms with E-state index in [1.54, 1.807) is 6.07 Å². The van der Waals surface area contributed by atoms with Crippen LogP contribution in [0.5, 0.6) is 11.6 Å². The molecule has 294 valence electrons. The Labute approximate surface area is 334 Å². The second-order valence-electron chi connectivity index (χ2n) is 16.4. The van der Waals surface area contributed by atoms with Gasteiger partial charge >= 0.3 is 0 Å². The van der Waals surface area contributed by atoms with Gasteiger partial charge in [0.2, 0.25) is 17.7 Å². The van der Waals surface area contributed by atoms with Crippen LogP contribution >= 0.6 is 0 Å². The van der Waals surface area contributed by atoms with E-state index >= 15 is 0 Å². The number of hydrogen-bond acceptors (Lipinski definition) is 10. The van der Waals surface area contributed by atoms with Gasteiger partial charge in [-0.05, 0) is 73.1 Å². The number of hydrogen-bond donors (Lipinski definition) is 1. The van der Waals surface area contributed by atoms with Crippen LogP contribution in [0.1, 0.15) is 65.7 Å². The predicted octanol–water partition coefficient (Wildman–Crippen LogP) is 5.39. The molecule has 6 aliphatic rings. The van der Waals surface area contributed by atoms with E-state index in [1.807, 2.05) is 30.7 Å². The molecule has 58 heavy (non-hydrogen) atoms. The molecule has 5 fully saturated rings. The highest BCUT2D eigenvalue weighted by molar-refractivity contribution is 6.23. The fraction of sp³-hybridized carbons (Fsp3) is 0.378. The minimum Gasteiger partial charge on any atom is -0.491 e. The van der Waals surface area contributed by atoms with Crippen molar-refractivity contribution in [2.24, 2.45) is 17.9 Å². The van der Waals surface area contributed by atoms with E-state index in [1.165, 1.54) is 17.5 Å². The van der Waals surface area contributed by atoms with Crippen LogP contribution in [-0.4, -0.2) is 87.7 Å². The first-order chi connectivity index (χ1) is 28.2. The number of aromatic nitrogens is 3. The summed E-state index contributed by atoms with van der Waals surface area (Å²) in [6.07, 6.45) is 11.0. The van der Waals surface area contributed by atoms with E-state index in [9.17, 15) is 19.2 Å². The van der Waals surface area contributed by atoms with Crippen LogP contribution in [0.3, 0.4) is 0 Å². The summed E-state index contributed by atoms with van der Waals surface area (Å²) in [6.45, 7) is 1.61. The van der Waals surface area contributed by atoms with Crippen LogP contribution in [0.2, 0.25) is 0 Å². The van der Waals surface area contributed by atoms with Gasteiger partial charge in [-0.2, -0.15) is 0 Å². The summed E-state index contributed by atoms with van der Waals surface area (Å²) in [5.41, 5.74) is 5.19. The number of benzene rings is 2. The summed E-state index contributed by atoms with van der Waals surface area (Å²) in [6, 6.07) is 16.2. The molecular formula is C45H41N5O8. The second-order valence-corrected chi connectivity index (χ2v) is 16.4. The molecule has 0 radical (unpaired) electrons. The van der Waals surface area contributed by atoms with Crippen LogP contribution in [-0.2, 0) is 26.1 Å². The van der Waals surface area contributed by atoms with Crippen molar-refractivity contribution in [3.05, 3.63) is 84.3 Å². The van der Waals surface area contributed by atoms with Gasteiger partial charge < -0.3 is 23.5 Å². The molecule has 3 aromatic heterocycles. The first-order valence-corrected chi connectivity index (χ1v) is 19.8. The summed E-state index contributed by atoms with van der Waals surface area (Å²) in [4.78, 5) is 59.6. The maximum absolute atomic E-state index is 13.0. The normalized spacial score (nSPS) is 25.7. The van der Waals surface area contributed by atoms with Crippen molar-refractivity contribution in [3.63, 3.8) is 0 Å². The molecule has 11 rings (SSSR count). The monoisotopic (exact) mass is 779 g/mol. The van der Waals surface area contributed by atoms with Crippen molar-refractivity contribution in [2.75, 3.05) is 26.4 Å². The number of piperidine rings is 1. The van der Waals surface area contributed by atoms with E-state index in [0.29, 0.717) is 24.8 Å². The molecule has 0 spiro atoms. The summed E-state index contributed by atoms with van der Waals surface area (Å²) >= 11 is 0. The third-order valence-corrected chi connectivity index (χ3v) is 12.4. The van der Waals surface area contributed by atoms with Crippen LogP contribution in [0.15, 0.2) is 73.2 Å². The van der Waals surface area contributed by atoms with Gasteiger partial charge in [0.25, 0.3) is 11.8 Å². The number of amides is 4. The Morgan fingerprint density at radius 3 is 2.50 bits per heavy atom. The van der Waals surface area contributed by atoms with Gasteiger partial charge in [-0.1, -0.05) is 24.0 Å². The molecule has 2 aliphatic heterocycles. The zero-order valence-electron chi connectivity index (χ0n) is 32.0. The molecule has 1 atom stereocenters. The van der Waals surface area contributed by atoms with Crippen molar-refractivity contribution >= 4 is 45.4 Å². The van der Waals surface area contributed by atoms with Crippen LogP contribution in [0.25, 0.3) is 32.9 Å². The van der Waals surface area contributed by atoms with E-state index in [0.717, 1.165) is 71.2 Å². The topological polar surface area (TPSA) is 151 Å². The average molecular weight is 780 g/mol. The van der Waals surface area contributed by atoms with Gasteiger partial charge in [-0.25, -0.2) is 4.98 Å². The Morgan fingerprint density at radius 1 is 0.862 bits per heavy atom. The van der Waals surface area contributed by atoms with Gasteiger partial charge in [-0.3, -0.25) is 34.4 Å². The molecule has 2 aromatic carbocycles. The Morgan fingerprint density at radius 2 is 1.69 bits per heavy atom. The molecular weight excluding hydrogens is 739 g/mol. The number of aryl methyl sites for hydroxylation is 1. The van der Waals surface area contributed by atoms with Gasteiger partial charge in [-0.15, -0.1) is 0 Å². The maximum Gasteiger partial charge on any atom is 0.262 e. The van der Waals surface area contributed by atoms with E-state index in [-0.39, 0.29) is 53.6 Å². The molecule has 2 bridgehead atoms. The van der Waals surface area contributed by atoms with Gasteiger partial charge in [0.15, 0.2) is 0 Å². The zero-order valence-corrected chi connectivity index (χ0v) is 32.0. The number of fused-ring (bicyclic) bond motifs is 4.